The van der Waals surface area contributed by atoms with E-state index in [9.17, 15) is 8.42 Å². The molecule has 3 rings (SSSR count). The van der Waals surface area contributed by atoms with Gasteiger partial charge in [0.05, 0.1) is 6.54 Å². The summed E-state index contributed by atoms with van der Waals surface area (Å²) in [6.45, 7) is 5.86. The molecule has 2 fully saturated rings. The van der Waals surface area contributed by atoms with Crippen LogP contribution in [-0.4, -0.2) is 37.2 Å². The van der Waals surface area contributed by atoms with E-state index in [4.69, 9.17) is 4.42 Å². The second-order valence-corrected chi connectivity index (χ2v) is 9.03. The lowest BCUT2D eigenvalue weighted by atomic mass is 10.0. The lowest BCUT2D eigenvalue weighted by Crippen LogP contribution is -2.45. The van der Waals surface area contributed by atoms with Crippen LogP contribution in [-0.2, 0) is 16.8 Å². The first-order chi connectivity index (χ1) is 10.4. The lowest BCUT2D eigenvalue weighted by molar-refractivity contribution is 0.259. The van der Waals surface area contributed by atoms with Crippen molar-refractivity contribution >= 4 is 10.2 Å². The SMILES string of the molecule is C[C@@H]1CCCN(S(=O)(=O)N(C)Cc2ccc([C@@H]3C[C@H]3C)o2)C1. The maximum atomic E-state index is 12.7. The van der Waals surface area contributed by atoms with Gasteiger partial charge in [0.25, 0.3) is 10.2 Å². The minimum Gasteiger partial charge on any atom is -0.464 e. The molecule has 0 unspecified atom stereocenters. The molecule has 3 atom stereocenters. The number of hydrogen-bond acceptors (Lipinski definition) is 3. The maximum absolute atomic E-state index is 12.7. The van der Waals surface area contributed by atoms with E-state index in [1.165, 1.54) is 10.7 Å². The molecule has 0 spiro atoms. The first-order valence-electron chi connectivity index (χ1n) is 8.18. The van der Waals surface area contributed by atoms with Gasteiger partial charge < -0.3 is 4.42 Å². The highest BCUT2D eigenvalue weighted by Gasteiger charge is 2.37. The van der Waals surface area contributed by atoms with Crippen LogP contribution in [0.4, 0.5) is 0 Å². The van der Waals surface area contributed by atoms with E-state index in [0.29, 0.717) is 37.4 Å². The van der Waals surface area contributed by atoms with Crippen LogP contribution in [0.2, 0.25) is 0 Å². The van der Waals surface area contributed by atoms with Crippen molar-refractivity contribution in [2.24, 2.45) is 11.8 Å². The van der Waals surface area contributed by atoms with Crippen LogP contribution in [0.5, 0.6) is 0 Å². The molecule has 0 amide bonds. The molecule has 1 saturated heterocycles. The fourth-order valence-electron chi connectivity index (χ4n) is 3.25. The van der Waals surface area contributed by atoms with Gasteiger partial charge in [0, 0.05) is 26.1 Å². The molecule has 2 heterocycles. The molecule has 2 aliphatic rings. The normalized spacial score (nSPS) is 29.9. The van der Waals surface area contributed by atoms with Crippen molar-refractivity contribution in [2.45, 2.75) is 45.6 Å². The monoisotopic (exact) mass is 326 g/mol. The Morgan fingerprint density at radius 2 is 2.09 bits per heavy atom. The zero-order chi connectivity index (χ0) is 15.9. The number of piperidine rings is 1. The van der Waals surface area contributed by atoms with E-state index in [0.717, 1.165) is 24.4 Å². The summed E-state index contributed by atoms with van der Waals surface area (Å²) in [5, 5.41) is 0. The third kappa shape index (κ3) is 3.24. The van der Waals surface area contributed by atoms with Gasteiger partial charge in [-0.3, -0.25) is 0 Å². The minimum absolute atomic E-state index is 0.300. The molecule has 1 aromatic rings. The van der Waals surface area contributed by atoms with Gasteiger partial charge in [-0.15, -0.1) is 0 Å². The molecule has 6 heteroatoms. The van der Waals surface area contributed by atoms with Crippen molar-refractivity contribution in [2.75, 3.05) is 20.1 Å². The van der Waals surface area contributed by atoms with Crippen LogP contribution in [0, 0.1) is 11.8 Å². The van der Waals surface area contributed by atoms with Crippen molar-refractivity contribution in [3.8, 4) is 0 Å². The second kappa shape index (κ2) is 5.98. The quantitative estimate of drug-likeness (QED) is 0.836. The minimum atomic E-state index is -3.39. The molecular formula is C16H26N2O3S. The van der Waals surface area contributed by atoms with Crippen LogP contribution >= 0.6 is 0 Å². The second-order valence-electron chi connectivity index (χ2n) is 6.99. The van der Waals surface area contributed by atoms with Crippen LogP contribution in [0.1, 0.15) is 50.5 Å². The number of nitrogens with zero attached hydrogens (tertiary/aromatic N) is 2. The summed E-state index contributed by atoms with van der Waals surface area (Å²) in [5.74, 6) is 3.38. The molecule has 0 aromatic carbocycles. The van der Waals surface area contributed by atoms with Gasteiger partial charge in [-0.1, -0.05) is 13.8 Å². The smallest absolute Gasteiger partial charge is 0.282 e. The van der Waals surface area contributed by atoms with Crippen molar-refractivity contribution in [3.05, 3.63) is 23.7 Å². The average Bonchev–Trinajstić information content (AvgIpc) is 3.02. The molecule has 0 radical (unpaired) electrons. The first-order valence-corrected chi connectivity index (χ1v) is 9.57. The van der Waals surface area contributed by atoms with Crippen molar-refractivity contribution in [3.63, 3.8) is 0 Å². The van der Waals surface area contributed by atoms with Gasteiger partial charge in [-0.2, -0.15) is 17.0 Å². The van der Waals surface area contributed by atoms with E-state index in [1.54, 1.807) is 11.4 Å². The Bertz CT molecular complexity index is 625. The zero-order valence-corrected chi connectivity index (χ0v) is 14.5. The predicted octanol–water partition coefficient (Wildman–Crippen LogP) is 2.81. The Kier molecular flexibility index (Phi) is 4.36. The summed E-state index contributed by atoms with van der Waals surface area (Å²) in [6.07, 6.45) is 3.22. The van der Waals surface area contributed by atoms with E-state index >= 15 is 0 Å². The number of furan rings is 1. The van der Waals surface area contributed by atoms with Gasteiger partial charge in [0.15, 0.2) is 0 Å². The van der Waals surface area contributed by atoms with Gasteiger partial charge >= 0.3 is 0 Å². The Labute approximate surface area is 133 Å². The van der Waals surface area contributed by atoms with Gasteiger partial charge in [-0.25, -0.2) is 0 Å². The summed E-state index contributed by atoms with van der Waals surface area (Å²) in [4.78, 5) is 0. The van der Waals surface area contributed by atoms with Gasteiger partial charge in [-0.05, 0) is 43.2 Å². The van der Waals surface area contributed by atoms with Gasteiger partial charge in [0.2, 0.25) is 0 Å². The highest BCUT2D eigenvalue weighted by molar-refractivity contribution is 7.86. The largest absolute Gasteiger partial charge is 0.464 e. The molecule has 1 aromatic heterocycles. The van der Waals surface area contributed by atoms with E-state index in [1.807, 2.05) is 12.1 Å². The Morgan fingerprint density at radius 1 is 1.36 bits per heavy atom. The fraction of sp³-hybridized carbons (Fsp3) is 0.750. The highest BCUT2D eigenvalue weighted by Crippen LogP contribution is 2.47. The van der Waals surface area contributed by atoms with E-state index < -0.39 is 10.2 Å². The third-order valence-electron chi connectivity index (χ3n) is 4.88. The predicted molar refractivity (Wildman–Crippen MR) is 85.6 cm³/mol. The molecule has 0 N–H and O–H groups in total. The molecule has 1 aliphatic heterocycles. The zero-order valence-electron chi connectivity index (χ0n) is 13.7. The molecule has 5 nitrogen and oxygen atoms in total. The molecule has 1 aliphatic carbocycles. The Hall–Kier alpha value is -0.850. The average molecular weight is 326 g/mol. The van der Waals surface area contributed by atoms with Crippen LogP contribution in [0.25, 0.3) is 0 Å². The van der Waals surface area contributed by atoms with Crippen LogP contribution < -0.4 is 0 Å². The van der Waals surface area contributed by atoms with Crippen LogP contribution in [0.3, 0.4) is 0 Å². The molecule has 124 valence electrons. The third-order valence-corrected chi connectivity index (χ3v) is 6.78. The van der Waals surface area contributed by atoms with E-state index in [-0.39, 0.29) is 0 Å². The summed E-state index contributed by atoms with van der Waals surface area (Å²) >= 11 is 0. The molecule has 0 bridgehead atoms. The number of rotatable bonds is 5. The standard InChI is InChI=1S/C16H26N2O3S/c1-12-5-4-8-18(10-12)22(19,20)17(3)11-14-6-7-16(21-14)15-9-13(15)2/h6-7,12-13,15H,4-5,8-11H2,1-3H3/t12-,13-,15-/m1/s1. The van der Waals surface area contributed by atoms with Crippen LogP contribution in [0.15, 0.2) is 16.5 Å². The molecular weight excluding hydrogens is 300 g/mol. The summed E-state index contributed by atoms with van der Waals surface area (Å²) in [5.41, 5.74) is 0. The Morgan fingerprint density at radius 3 is 2.73 bits per heavy atom. The van der Waals surface area contributed by atoms with Crippen molar-refractivity contribution in [1.29, 1.82) is 0 Å². The highest BCUT2D eigenvalue weighted by atomic mass is 32.2. The topological polar surface area (TPSA) is 53.8 Å². The lowest BCUT2D eigenvalue weighted by Gasteiger charge is -2.32. The van der Waals surface area contributed by atoms with E-state index in [2.05, 4.69) is 13.8 Å². The Balaban J connectivity index is 1.65. The summed E-state index contributed by atoms with van der Waals surface area (Å²) in [6, 6.07) is 3.90. The van der Waals surface area contributed by atoms with Crippen molar-refractivity contribution in [1.82, 2.24) is 8.61 Å². The molecule has 1 saturated carbocycles. The van der Waals surface area contributed by atoms with Gasteiger partial charge in [0.1, 0.15) is 11.5 Å². The summed E-state index contributed by atoms with van der Waals surface area (Å²) < 4.78 is 34.1. The number of hydrogen-bond donors (Lipinski definition) is 0. The first kappa shape index (κ1) is 16.0. The summed E-state index contributed by atoms with van der Waals surface area (Å²) in [7, 11) is -1.76. The molecule has 22 heavy (non-hydrogen) atoms. The maximum Gasteiger partial charge on any atom is 0.282 e. The van der Waals surface area contributed by atoms with Crippen molar-refractivity contribution < 1.29 is 12.8 Å². The fourth-order valence-corrected chi connectivity index (χ4v) is 4.74.